The van der Waals surface area contributed by atoms with E-state index in [1.165, 1.54) is 12.1 Å². The van der Waals surface area contributed by atoms with Gasteiger partial charge in [0.25, 0.3) is 5.91 Å². The maximum absolute atomic E-state index is 13.1. The summed E-state index contributed by atoms with van der Waals surface area (Å²) in [6.45, 7) is 1.99. The smallest absolute Gasteiger partial charge is 0.274 e. The molecule has 2 heterocycles. The van der Waals surface area contributed by atoms with Gasteiger partial charge >= 0.3 is 0 Å². The van der Waals surface area contributed by atoms with Crippen LogP contribution in [0.3, 0.4) is 0 Å². The largest absolute Gasteiger partial charge is 0.381 e. The van der Waals surface area contributed by atoms with Gasteiger partial charge in [0.15, 0.2) is 9.84 Å². The third kappa shape index (κ3) is 3.79. The Kier molecular flexibility index (Phi) is 4.91. The maximum atomic E-state index is 13.1. The third-order valence-corrected chi connectivity index (χ3v) is 5.95. The molecule has 1 aromatic heterocycles. The molecule has 1 unspecified atom stereocenters. The molecule has 146 valence electrons. The fraction of sp³-hybridized carbons (Fsp3) is 0.300. The Bertz CT molecular complexity index is 1130. The van der Waals surface area contributed by atoms with Crippen molar-refractivity contribution in [3.05, 3.63) is 54.2 Å². The highest BCUT2D eigenvalue weighted by atomic mass is 32.2. The molecule has 2 aromatic carbocycles. The summed E-state index contributed by atoms with van der Waals surface area (Å²) in [7, 11) is -3.36. The van der Waals surface area contributed by atoms with E-state index < -0.39 is 9.84 Å². The molecule has 1 aliphatic heterocycles. The van der Waals surface area contributed by atoms with Gasteiger partial charge in [-0.05, 0) is 30.7 Å². The molecule has 1 N–H and O–H groups in total. The SMILES string of the molecule is CS(=O)(=O)c1cccc(NC(=O)c2c3ccccc3nn2CC2CCOC2)c1. The van der Waals surface area contributed by atoms with Gasteiger partial charge in [-0.2, -0.15) is 5.10 Å². The molecule has 28 heavy (non-hydrogen) atoms. The Morgan fingerprint density at radius 2 is 2.07 bits per heavy atom. The molecule has 0 radical (unpaired) electrons. The normalized spacial score (nSPS) is 17.1. The lowest BCUT2D eigenvalue weighted by molar-refractivity contribution is 0.101. The van der Waals surface area contributed by atoms with Crippen molar-refractivity contribution in [1.29, 1.82) is 0 Å². The van der Waals surface area contributed by atoms with E-state index in [4.69, 9.17) is 4.74 Å². The van der Waals surface area contributed by atoms with Crippen LogP contribution in [0.2, 0.25) is 0 Å². The van der Waals surface area contributed by atoms with E-state index >= 15 is 0 Å². The minimum Gasteiger partial charge on any atom is -0.381 e. The predicted octanol–water partition coefficient (Wildman–Crippen LogP) is 2.73. The van der Waals surface area contributed by atoms with E-state index in [1.807, 2.05) is 24.3 Å². The predicted molar refractivity (Wildman–Crippen MR) is 106 cm³/mol. The number of fused-ring (bicyclic) bond motifs is 1. The third-order valence-electron chi connectivity index (χ3n) is 4.84. The summed E-state index contributed by atoms with van der Waals surface area (Å²) in [5.74, 6) is -0.00677. The van der Waals surface area contributed by atoms with Crippen molar-refractivity contribution in [2.45, 2.75) is 17.9 Å². The van der Waals surface area contributed by atoms with Gasteiger partial charge in [-0.25, -0.2) is 8.42 Å². The first-order chi connectivity index (χ1) is 13.4. The van der Waals surface area contributed by atoms with Crippen LogP contribution in [0.15, 0.2) is 53.4 Å². The van der Waals surface area contributed by atoms with Gasteiger partial charge in [-0.15, -0.1) is 0 Å². The molecule has 1 atom stereocenters. The molecule has 0 aliphatic carbocycles. The van der Waals surface area contributed by atoms with E-state index in [9.17, 15) is 13.2 Å². The second kappa shape index (κ2) is 7.37. The van der Waals surface area contributed by atoms with Crippen LogP contribution < -0.4 is 5.32 Å². The summed E-state index contributed by atoms with van der Waals surface area (Å²) >= 11 is 0. The number of hydrogen-bond acceptors (Lipinski definition) is 5. The van der Waals surface area contributed by atoms with Gasteiger partial charge in [-0.1, -0.05) is 24.3 Å². The van der Waals surface area contributed by atoms with Crippen LogP contribution in [0.1, 0.15) is 16.9 Å². The molecule has 0 spiro atoms. The monoisotopic (exact) mass is 399 g/mol. The lowest BCUT2D eigenvalue weighted by atomic mass is 10.1. The molecule has 1 aliphatic rings. The summed E-state index contributed by atoms with van der Waals surface area (Å²) in [6, 6.07) is 13.7. The topological polar surface area (TPSA) is 90.3 Å². The molecular formula is C20H21N3O4S. The van der Waals surface area contributed by atoms with E-state index in [2.05, 4.69) is 10.4 Å². The number of carbonyl (C=O) groups excluding carboxylic acids is 1. The quantitative estimate of drug-likeness (QED) is 0.712. The van der Waals surface area contributed by atoms with Gasteiger partial charge < -0.3 is 10.1 Å². The Labute approximate surface area is 163 Å². The average molecular weight is 399 g/mol. The number of carbonyl (C=O) groups is 1. The number of benzene rings is 2. The number of aromatic nitrogens is 2. The van der Waals surface area contributed by atoms with E-state index in [1.54, 1.807) is 16.8 Å². The molecule has 0 bridgehead atoms. The maximum Gasteiger partial charge on any atom is 0.274 e. The molecule has 7 nitrogen and oxygen atoms in total. The van der Waals surface area contributed by atoms with Crippen LogP contribution in [0, 0.1) is 5.92 Å². The summed E-state index contributed by atoms with van der Waals surface area (Å²) in [4.78, 5) is 13.3. The van der Waals surface area contributed by atoms with Crippen LogP contribution in [0.5, 0.6) is 0 Å². The second-order valence-corrected chi connectivity index (χ2v) is 9.05. The Hall–Kier alpha value is -2.71. The minimum atomic E-state index is -3.36. The minimum absolute atomic E-state index is 0.159. The van der Waals surface area contributed by atoms with Gasteiger partial charge in [0.2, 0.25) is 0 Å². The molecule has 1 amide bonds. The van der Waals surface area contributed by atoms with Crippen molar-refractivity contribution < 1.29 is 17.9 Å². The summed E-state index contributed by atoms with van der Waals surface area (Å²) in [5, 5.41) is 8.18. The first kappa shape index (κ1) is 18.6. The molecule has 1 fully saturated rings. The molecule has 8 heteroatoms. The molecule has 1 saturated heterocycles. The van der Waals surface area contributed by atoms with Crippen molar-refractivity contribution in [2.24, 2.45) is 5.92 Å². The van der Waals surface area contributed by atoms with Crippen LogP contribution in [-0.2, 0) is 21.1 Å². The highest BCUT2D eigenvalue weighted by Gasteiger charge is 2.23. The van der Waals surface area contributed by atoms with Gasteiger partial charge in [0, 0.05) is 36.4 Å². The van der Waals surface area contributed by atoms with Crippen molar-refractivity contribution in [3.8, 4) is 0 Å². The van der Waals surface area contributed by atoms with Crippen LogP contribution in [0.25, 0.3) is 10.9 Å². The standard InChI is InChI=1S/C20H21N3O4S/c1-28(25,26)16-6-4-5-15(11-16)21-20(24)19-17-7-2-3-8-18(17)22-23(19)12-14-9-10-27-13-14/h2-8,11,14H,9-10,12-13H2,1H3,(H,21,24). The number of nitrogens with zero attached hydrogens (tertiary/aromatic N) is 2. The molecule has 4 rings (SSSR count). The van der Waals surface area contributed by atoms with Crippen molar-refractivity contribution in [2.75, 3.05) is 24.8 Å². The first-order valence-corrected chi connectivity index (χ1v) is 11.0. The van der Waals surface area contributed by atoms with Crippen molar-refractivity contribution in [1.82, 2.24) is 9.78 Å². The Balaban J connectivity index is 1.68. The van der Waals surface area contributed by atoms with Crippen molar-refractivity contribution in [3.63, 3.8) is 0 Å². The van der Waals surface area contributed by atoms with E-state index in [-0.39, 0.29) is 10.8 Å². The van der Waals surface area contributed by atoms with Crippen LogP contribution >= 0.6 is 0 Å². The first-order valence-electron chi connectivity index (χ1n) is 9.06. The lowest BCUT2D eigenvalue weighted by Gasteiger charge is -2.12. The zero-order chi connectivity index (χ0) is 19.7. The highest BCUT2D eigenvalue weighted by molar-refractivity contribution is 7.90. The fourth-order valence-electron chi connectivity index (χ4n) is 3.42. The van der Waals surface area contributed by atoms with Crippen molar-refractivity contribution >= 4 is 32.3 Å². The number of nitrogens with one attached hydrogen (secondary N) is 1. The number of sulfone groups is 1. The number of rotatable bonds is 5. The fourth-order valence-corrected chi connectivity index (χ4v) is 4.09. The van der Waals surface area contributed by atoms with Crippen LogP contribution in [-0.4, -0.2) is 43.6 Å². The summed E-state index contributed by atoms with van der Waals surface area (Å²) < 4.78 is 30.7. The zero-order valence-corrected chi connectivity index (χ0v) is 16.3. The lowest BCUT2D eigenvalue weighted by Crippen LogP contribution is -2.21. The van der Waals surface area contributed by atoms with E-state index in [0.717, 1.165) is 30.2 Å². The zero-order valence-electron chi connectivity index (χ0n) is 15.5. The summed E-state index contributed by atoms with van der Waals surface area (Å²) in [6.07, 6.45) is 2.08. The van der Waals surface area contributed by atoms with Gasteiger partial charge in [0.1, 0.15) is 5.69 Å². The molecule has 3 aromatic rings. The Morgan fingerprint density at radius 3 is 2.82 bits per heavy atom. The average Bonchev–Trinajstić information content (AvgIpc) is 3.28. The summed E-state index contributed by atoms with van der Waals surface area (Å²) in [5.41, 5.74) is 1.64. The van der Waals surface area contributed by atoms with Gasteiger partial charge in [-0.3, -0.25) is 9.48 Å². The molecular weight excluding hydrogens is 378 g/mol. The molecule has 0 saturated carbocycles. The number of anilines is 1. The number of hydrogen-bond donors (Lipinski definition) is 1. The van der Waals surface area contributed by atoms with E-state index in [0.29, 0.717) is 30.5 Å². The number of ether oxygens (including phenoxy) is 1. The van der Waals surface area contributed by atoms with Gasteiger partial charge in [0.05, 0.1) is 17.0 Å². The number of amides is 1. The highest BCUT2D eigenvalue weighted by Crippen LogP contribution is 2.23. The van der Waals surface area contributed by atoms with Crippen LogP contribution in [0.4, 0.5) is 5.69 Å². The Morgan fingerprint density at radius 1 is 1.25 bits per heavy atom. The second-order valence-electron chi connectivity index (χ2n) is 7.03.